The molecule has 2 heterocycles. The predicted molar refractivity (Wildman–Crippen MR) is 85.2 cm³/mol. The monoisotopic (exact) mass is 319 g/mol. The van der Waals surface area contributed by atoms with E-state index in [0.29, 0.717) is 12.0 Å². The van der Waals surface area contributed by atoms with Gasteiger partial charge in [0.2, 0.25) is 0 Å². The number of rotatable bonds is 3. The third-order valence-corrected chi connectivity index (χ3v) is 5.13. The van der Waals surface area contributed by atoms with Gasteiger partial charge in [-0.25, -0.2) is 0 Å². The van der Waals surface area contributed by atoms with Crippen molar-refractivity contribution in [1.29, 1.82) is 0 Å². The molecule has 3 rings (SSSR count). The zero-order valence-electron chi connectivity index (χ0n) is 13.5. The topological polar surface area (TPSA) is 84.2 Å². The van der Waals surface area contributed by atoms with Gasteiger partial charge in [-0.15, -0.1) is 0 Å². The molecule has 1 aromatic heterocycles. The maximum Gasteiger partial charge on any atom is 0.308 e. The quantitative estimate of drug-likeness (QED) is 0.896. The Morgan fingerprint density at radius 3 is 2.70 bits per heavy atom. The summed E-state index contributed by atoms with van der Waals surface area (Å²) >= 11 is 0. The van der Waals surface area contributed by atoms with Crippen molar-refractivity contribution in [2.24, 2.45) is 5.92 Å². The number of hydrogen-bond acceptors (Lipinski definition) is 3. The Bertz CT molecular complexity index is 582. The second kappa shape index (κ2) is 7.15. The molecule has 23 heavy (non-hydrogen) atoms. The second-order valence-corrected chi connectivity index (χ2v) is 6.70. The number of fused-ring (bicyclic) bond motifs is 1. The molecular formula is C17H25N3O3. The largest absolute Gasteiger partial charge is 0.481 e. The molecule has 6 heteroatoms. The minimum atomic E-state index is -0.797. The van der Waals surface area contributed by atoms with Gasteiger partial charge in [-0.1, -0.05) is 25.7 Å². The van der Waals surface area contributed by atoms with Crippen molar-refractivity contribution >= 4 is 11.9 Å². The first-order valence-corrected chi connectivity index (χ1v) is 8.75. The number of carbonyl (C=O) groups is 2. The number of amides is 1. The summed E-state index contributed by atoms with van der Waals surface area (Å²) in [4.78, 5) is 24.2. The maximum absolute atomic E-state index is 12.7. The number of nitrogens with zero attached hydrogens (tertiary/aromatic N) is 2. The third-order valence-electron chi connectivity index (χ3n) is 5.13. The number of carboxylic acids is 1. The summed E-state index contributed by atoms with van der Waals surface area (Å²) in [5.74, 6) is -1.44. The minimum absolute atomic E-state index is 0.162. The highest BCUT2D eigenvalue weighted by Crippen LogP contribution is 2.24. The van der Waals surface area contributed by atoms with Crippen molar-refractivity contribution in [2.45, 2.75) is 70.4 Å². The van der Waals surface area contributed by atoms with Crippen LogP contribution in [0.4, 0.5) is 0 Å². The molecule has 2 aliphatic rings. The Labute approximate surface area is 136 Å². The lowest BCUT2D eigenvalue weighted by atomic mass is 9.86. The van der Waals surface area contributed by atoms with Crippen LogP contribution in [0.25, 0.3) is 0 Å². The van der Waals surface area contributed by atoms with Gasteiger partial charge in [-0.3, -0.25) is 14.3 Å². The van der Waals surface area contributed by atoms with E-state index >= 15 is 0 Å². The Morgan fingerprint density at radius 1 is 1.13 bits per heavy atom. The van der Waals surface area contributed by atoms with Crippen LogP contribution in [-0.2, 0) is 17.8 Å². The lowest BCUT2D eigenvalue weighted by Gasteiger charge is -2.27. The van der Waals surface area contributed by atoms with Crippen molar-refractivity contribution in [3.63, 3.8) is 0 Å². The zero-order chi connectivity index (χ0) is 16.2. The molecule has 2 unspecified atom stereocenters. The van der Waals surface area contributed by atoms with Gasteiger partial charge in [0.05, 0.1) is 23.4 Å². The lowest BCUT2D eigenvalue weighted by molar-refractivity contribution is -0.143. The average molecular weight is 319 g/mol. The van der Waals surface area contributed by atoms with Gasteiger partial charge < -0.3 is 10.4 Å². The van der Waals surface area contributed by atoms with Crippen LogP contribution in [0.3, 0.4) is 0 Å². The Morgan fingerprint density at radius 2 is 1.91 bits per heavy atom. The SMILES string of the molecule is O=C(NC1CCCCCCC1C(=O)O)c1cnn2c1CCCC2. The van der Waals surface area contributed by atoms with Gasteiger partial charge in [0.25, 0.3) is 5.91 Å². The van der Waals surface area contributed by atoms with Crippen molar-refractivity contribution < 1.29 is 14.7 Å². The van der Waals surface area contributed by atoms with Crippen LogP contribution in [0.1, 0.15) is 67.4 Å². The first-order chi connectivity index (χ1) is 11.2. The van der Waals surface area contributed by atoms with Crippen LogP contribution >= 0.6 is 0 Å². The highest BCUT2D eigenvalue weighted by atomic mass is 16.4. The molecule has 1 aromatic rings. The number of carboxylic acid groups (broad SMARTS) is 1. The highest BCUT2D eigenvalue weighted by Gasteiger charge is 2.31. The molecule has 1 amide bonds. The molecule has 126 valence electrons. The van der Waals surface area contributed by atoms with E-state index in [1.165, 1.54) is 0 Å². The van der Waals surface area contributed by atoms with Crippen LogP contribution in [0, 0.1) is 5.92 Å². The molecule has 1 fully saturated rings. The number of hydrogen-bond donors (Lipinski definition) is 2. The number of aliphatic carboxylic acids is 1. The Balaban J connectivity index is 1.74. The molecule has 6 nitrogen and oxygen atoms in total. The summed E-state index contributed by atoms with van der Waals surface area (Å²) in [6.45, 7) is 0.865. The first kappa shape index (κ1) is 16.0. The predicted octanol–water partition coefficient (Wildman–Crippen LogP) is 2.37. The summed E-state index contributed by atoms with van der Waals surface area (Å²) in [6, 6.07) is -0.278. The second-order valence-electron chi connectivity index (χ2n) is 6.70. The summed E-state index contributed by atoms with van der Waals surface area (Å²) < 4.78 is 1.91. The number of aryl methyl sites for hydroxylation is 1. The Hall–Kier alpha value is -1.85. The van der Waals surface area contributed by atoms with E-state index in [1.807, 2.05) is 4.68 Å². The van der Waals surface area contributed by atoms with E-state index in [2.05, 4.69) is 10.4 Å². The number of carbonyl (C=O) groups excluding carboxylic acids is 1. The van der Waals surface area contributed by atoms with Crippen molar-refractivity contribution in [3.05, 3.63) is 17.5 Å². The van der Waals surface area contributed by atoms with Crippen LogP contribution in [0.15, 0.2) is 6.20 Å². The van der Waals surface area contributed by atoms with Gasteiger partial charge in [-0.05, 0) is 32.1 Å². The fourth-order valence-electron chi connectivity index (χ4n) is 3.81. The molecule has 0 radical (unpaired) electrons. The number of nitrogens with one attached hydrogen (secondary N) is 1. The minimum Gasteiger partial charge on any atom is -0.481 e. The molecule has 1 aliphatic heterocycles. The normalized spacial score (nSPS) is 25.0. The van der Waals surface area contributed by atoms with Crippen LogP contribution < -0.4 is 5.32 Å². The summed E-state index contributed by atoms with van der Waals surface area (Å²) in [5.41, 5.74) is 1.61. The highest BCUT2D eigenvalue weighted by molar-refractivity contribution is 5.95. The average Bonchev–Trinajstić information content (AvgIpc) is 2.93. The Kier molecular flexibility index (Phi) is 4.98. The van der Waals surface area contributed by atoms with E-state index in [-0.39, 0.29) is 11.9 Å². The van der Waals surface area contributed by atoms with Crippen molar-refractivity contribution in [2.75, 3.05) is 0 Å². The molecule has 2 atom stereocenters. The molecule has 0 spiro atoms. The van der Waals surface area contributed by atoms with Gasteiger partial charge in [-0.2, -0.15) is 5.10 Å². The standard InChI is InChI=1S/C17H25N3O3/c21-16(13-11-18-20-10-6-5-9-15(13)20)19-14-8-4-2-1-3-7-12(14)17(22)23/h11-12,14H,1-10H2,(H,19,21)(H,22,23). The smallest absolute Gasteiger partial charge is 0.308 e. The third kappa shape index (κ3) is 3.57. The lowest BCUT2D eigenvalue weighted by Crippen LogP contribution is -2.44. The molecular weight excluding hydrogens is 294 g/mol. The summed E-state index contributed by atoms with van der Waals surface area (Å²) in [6.07, 6.45) is 10.2. The molecule has 0 aromatic carbocycles. The van der Waals surface area contributed by atoms with Crippen molar-refractivity contribution in [1.82, 2.24) is 15.1 Å². The summed E-state index contributed by atoms with van der Waals surface area (Å²) in [7, 11) is 0. The van der Waals surface area contributed by atoms with E-state index in [4.69, 9.17) is 0 Å². The van der Waals surface area contributed by atoms with E-state index in [9.17, 15) is 14.7 Å². The molecule has 1 saturated carbocycles. The molecule has 2 N–H and O–H groups in total. The van der Waals surface area contributed by atoms with Gasteiger partial charge in [0, 0.05) is 12.6 Å². The molecule has 1 aliphatic carbocycles. The van der Waals surface area contributed by atoms with Crippen LogP contribution in [-0.4, -0.2) is 32.8 Å². The van der Waals surface area contributed by atoms with Gasteiger partial charge >= 0.3 is 5.97 Å². The van der Waals surface area contributed by atoms with E-state index < -0.39 is 11.9 Å². The van der Waals surface area contributed by atoms with Gasteiger partial charge in [0.1, 0.15) is 0 Å². The van der Waals surface area contributed by atoms with Crippen LogP contribution in [0.2, 0.25) is 0 Å². The first-order valence-electron chi connectivity index (χ1n) is 8.75. The van der Waals surface area contributed by atoms with E-state index in [1.54, 1.807) is 6.20 Å². The van der Waals surface area contributed by atoms with Crippen molar-refractivity contribution in [3.8, 4) is 0 Å². The summed E-state index contributed by atoms with van der Waals surface area (Å²) in [5, 5.41) is 16.8. The number of aromatic nitrogens is 2. The van der Waals surface area contributed by atoms with E-state index in [0.717, 1.165) is 63.6 Å². The maximum atomic E-state index is 12.7. The fourth-order valence-corrected chi connectivity index (χ4v) is 3.81. The van der Waals surface area contributed by atoms with Crippen LogP contribution in [0.5, 0.6) is 0 Å². The van der Waals surface area contributed by atoms with Gasteiger partial charge in [0.15, 0.2) is 0 Å². The zero-order valence-corrected chi connectivity index (χ0v) is 13.5. The fraction of sp³-hybridized carbons (Fsp3) is 0.706. The molecule has 0 saturated heterocycles. The molecule has 0 bridgehead atoms.